The topological polar surface area (TPSA) is 63.2 Å². The molecule has 0 atom stereocenters. The Morgan fingerprint density at radius 3 is 2.68 bits per heavy atom. The second-order valence-corrected chi connectivity index (χ2v) is 8.48. The van der Waals surface area contributed by atoms with Crippen molar-refractivity contribution in [2.24, 2.45) is 5.92 Å². The van der Waals surface area contributed by atoms with Crippen LogP contribution >= 0.6 is 0 Å². The fourth-order valence-electron chi connectivity index (χ4n) is 4.67. The van der Waals surface area contributed by atoms with Crippen molar-refractivity contribution in [3.63, 3.8) is 0 Å². The standard InChI is InChI=1S/C25H28N4O2/c1-31-20-7-8-21-22(16-20)27-24-23(21)26-17-29(25(24)30)14-13-28-11-9-19(10-12-28)15-18-5-3-2-4-6-18/h2-8,16-17,19,27H,9-15H2,1H3. The largest absolute Gasteiger partial charge is 0.497 e. The van der Waals surface area contributed by atoms with Crippen molar-refractivity contribution in [1.29, 1.82) is 0 Å². The molecule has 0 saturated carbocycles. The zero-order valence-electron chi connectivity index (χ0n) is 17.9. The van der Waals surface area contributed by atoms with Gasteiger partial charge in [-0.05, 0) is 56.0 Å². The van der Waals surface area contributed by atoms with Crippen LogP contribution in [0.2, 0.25) is 0 Å². The van der Waals surface area contributed by atoms with Crippen LogP contribution in [0.4, 0.5) is 0 Å². The van der Waals surface area contributed by atoms with E-state index in [-0.39, 0.29) is 5.56 Å². The summed E-state index contributed by atoms with van der Waals surface area (Å²) in [5, 5.41) is 0.945. The first-order valence-electron chi connectivity index (χ1n) is 11.0. The van der Waals surface area contributed by atoms with Gasteiger partial charge in [0.25, 0.3) is 5.56 Å². The summed E-state index contributed by atoms with van der Waals surface area (Å²) in [7, 11) is 1.64. The number of methoxy groups -OCH3 is 1. The number of fused-ring (bicyclic) bond motifs is 3. The van der Waals surface area contributed by atoms with E-state index < -0.39 is 0 Å². The van der Waals surface area contributed by atoms with Crippen LogP contribution in [0, 0.1) is 5.92 Å². The molecule has 0 amide bonds. The molecule has 4 aromatic rings. The zero-order valence-corrected chi connectivity index (χ0v) is 17.9. The monoisotopic (exact) mass is 416 g/mol. The number of H-pyrrole nitrogens is 1. The lowest BCUT2D eigenvalue weighted by atomic mass is 9.90. The first-order valence-corrected chi connectivity index (χ1v) is 11.0. The molecule has 6 nitrogen and oxygen atoms in total. The van der Waals surface area contributed by atoms with Crippen LogP contribution in [0.1, 0.15) is 18.4 Å². The Balaban J connectivity index is 1.23. The van der Waals surface area contributed by atoms with E-state index >= 15 is 0 Å². The Bertz CT molecular complexity index is 1240. The highest BCUT2D eigenvalue weighted by molar-refractivity contribution is 6.04. The molecule has 5 rings (SSSR count). The Labute approximate surface area is 181 Å². The van der Waals surface area contributed by atoms with Crippen molar-refractivity contribution in [2.75, 3.05) is 26.7 Å². The zero-order chi connectivity index (χ0) is 21.2. The smallest absolute Gasteiger partial charge is 0.277 e. The third-order valence-electron chi connectivity index (χ3n) is 6.51. The molecule has 0 aliphatic carbocycles. The lowest BCUT2D eigenvalue weighted by molar-refractivity contribution is 0.178. The highest BCUT2D eigenvalue weighted by Gasteiger charge is 2.19. The van der Waals surface area contributed by atoms with E-state index in [0.717, 1.165) is 47.7 Å². The van der Waals surface area contributed by atoms with Gasteiger partial charge in [0, 0.05) is 24.5 Å². The molecule has 1 aliphatic rings. The molecule has 31 heavy (non-hydrogen) atoms. The number of nitrogens with zero attached hydrogens (tertiary/aromatic N) is 3. The molecule has 1 saturated heterocycles. The van der Waals surface area contributed by atoms with Gasteiger partial charge in [-0.1, -0.05) is 30.3 Å². The van der Waals surface area contributed by atoms with E-state index in [0.29, 0.717) is 12.1 Å². The Morgan fingerprint density at radius 1 is 1.10 bits per heavy atom. The SMILES string of the molecule is COc1ccc2c(c1)[nH]c1c(=O)n(CCN3CCC(Cc4ccccc4)CC3)cnc12. The number of hydrogen-bond donors (Lipinski definition) is 1. The van der Waals surface area contributed by atoms with Gasteiger partial charge in [-0.3, -0.25) is 9.36 Å². The first kappa shape index (κ1) is 19.8. The summed E-state index contributed by atoms with van der Waals surface area (Å²) in [5.41, 5.74) is 3.58. The quantitative estimate of drug-likeness (QED) is 0.519. The number of aromatic amines is 1. The predicted octanol–water partition coefficient (Wildman–Crippen LogP) is 3.84. The second-order valence-electron chi connectivity index (χ2n) is 8.48. The van der Waals surface area contributed by atoms with Crippen LogP contribution in [0.3, 0.4) is 0 Å². The average Bonchev–Trinajstić information content (AvgIpc) is 3.19. The van der Waals surface area contributed by atoms with E-state index in [4.69, 9.17) is 4.74 Å². The molecule has 1 fully saturated rings. The third-order valence-corrected chi connectivity index (χ3v) is 6.51. The van der Waals surface area contributed by atoms with E-state index in [1.54, 1.807) is 18.0 Å². The molecule has 0 spiro atoms. The van der Waals surface area contributed by atoms with Gasteiger partial charge in [-0.2, -0.15) is 0 Å². The molecule has 0 radical (unpaired) electrons. The Morgan fingerprint density at radius 2 is 1.90 bits per heavy atom. The van der Waals surface area contributed by atoms with Crippen molar-refractivity contribution in [3.05, 3.63) is 70.8 Å². The van der Waals surface area contributed by atoms with E-state index in [1.165, 1.54) is 24.8 Å². The van der Waals surface area contributed by atoms with Crippen LogP contribution in [0.5, 0.6) is 5.75 Å². The predicted molar refractivity (Wildman–Crippen MR) is 124 cm³/mol. The van der Waals surface area contributed by atoms with E-state index in [1.807, 2.05) is 18.2 Å². The fraction of sp³-hybridized carbons (Fsp3) is 0.360. The molecule has 2 aromatic heterocycles. The molecule has 1 N–H and O–H groups in total. The van der Waals surface area contributed by atoms with Gasteiger partial charge in [-0.15, -0.1) is 0 Å². The third kappa shape index (κ3) is 4.08. The van der Waals surface area contributed by atoms with Gasteiger partial charge in [0.05, 0.1) is 19.0 Å². The number of aromatic nitrogens is 3. The molecule has 0 unspecified atom stereocenters. The maximum atomic E-state index is 13.0. The first-order chi connectivity index (χ1) is 15.2. The molecular weight excluding hydrogens is 388 g/mol. The summed E-state index contributed by atoms with van der Waals surface area (Å²) in [6, 6.07) is 16.5. The summed E-state index contributed by atoms with van der Waals surface area (Å²) in [4.78, 5) is 23.3. The fourth-order valence-corrected chi connectivity index (χ4v) is 4.67. The number of ether oxygens (including phenoxy) is 1. The van der Waals surface area contributed by atoms with Crippen molar-refractivity contribution < 1.29 is 4.74 Å². The lowest BCUT2D eigenvalue weighted by Gasteiger charge is -2.32. The summed E-state index contributed by atoms with van der Waals surface area (Å²) in [6.07, 6.45) is 5.28. The van der Waals surface area contributed by atoms with Crippen molar-refractivity contribution in [3.8, 4) is 5.75 Å². The van der Waals surface area contributed by atoms with Gasteiger partial charge in [0.15, 0.2) is 0 Å². The van der Waals surface area contributed by atoms with Crippen LogP contribution in [-0.2, 0) is 13.0 Å². The van der Waals surface area contributed by atoms with Crippen LogP contribution < -0.4 is 10.3 Å². The second kappa shape index (κ2) is 8.55. The number of hydrogen-bond acceptors (Lipinski definition) is 4. The highest BCUT2D eigenvalue weighted by Crippen LogP contribution is 2.25. The normalized spacial score (nSPS) is 15.6. The van der Waals surface area contributed by atoms with Gasteiger partial charge < -0.3 is 14.6 Å². The van der Waals surface area contributed by atoms with Crippen LogP contribution in [0.15, 0.2) is 59.7 Å². The number of likely N-dealkylation sites (tertiary alicyclic amines) is 1. The minimum absolute atomic E-state index is 0.0147. The maximum absolute atomic E-state index is 13.0. The summed E-state index contributed by atoms with van der Waals surface area (Å²) >= 11 is 0. The van der Waals surface area contributed by atoms with E-state index in [9.17, 15) is 4.79 Å². The molecule has 160 valence electrons. The average molecular weight is 417 g/mol. The van der Waals surface area contributed by atoms with Crippen molar-refractivity contribution >= 4 is 21.9 Å². The molecule has 6 heteroatoms. The Hall–Kier alpha value is -3.12. The minimum Gasteiger partial charge on any atom is -0.497 e. The van der Waals surface area contributed by atoms with Gasteiger partial charge >= 0.3 is 0 Å². The molecule has 2 aromatic carbocycles. The number of rotatable bonds is 6. The maximum Gasteiger partial charge on any atom is 0.277 e. The number of piperidine rings is 1. The minimum atomic E-state index is -0.0147. The molecular formula is C25H28N4O2. The van der Waals surface area contributed by atoms with E-state index in [2.05, 4.69) is 45.2 Å². The Kier molecular flexibility index (Phi) is 5.47. The van der Waals surface area contributed by atoms with Crippen LogP contribution in [-0.4, -0.2) is 46.2 Å². The summed E-state index contributed by atoms with van der Waals surface area (Å²) < 4.78 is 7.02. The molecule has 3 heterocycles. The van der Waals surface area contributed by atoms with Crippen molar-refractivity contribution in [1.82, 2.24) is 19.4 Å². The van der Waals surface area contributed by atoms with Gasteiger partial charge in [-0.25, -0.2) is 4.98 Å². The number of nitrogens with one attached hydrogen (secondary N) is 1. The summed E-state index contributed by atoms with van der Waals surface area (Å²) in [5.74, 6) is 1.51. The number of benzene rings is 2. The lowest BCUT2D eigenvalue weighted by Crippen LogP contribution is -2.37. The molecule has 0 bridgehead atoms. The summed E-state index contributed by atoms with van der Waals surface area (Å²) in [6.45, 7) is 3.71. The van der Waals surface area contributed by atoms with Gasteiger partial charge in [0.2, 0.25) is 0 Å². The van der Waals surface area contributed by atoms with Gasteiger partial charge in [0.1, 0.15) is 16.8 Å². The van der Waals surface area contributed by atoms with Crippen molar-refractivity contribution in [2.45, 2.75) is 25.8 Å². The molecule has 1 aliphatic heterocycles. The van der Waals surface area contributed by atoms with Crippen LogP contribution in [0.25, 0.3) is 21.9 Å². The highest BCUT2D eigenvalue weighted by atomic mass is 16.5.